The van der Waals surface area contributed by atoms with Crippen LogP contribution in [-0.2, 0) is 0 Å². The van der Waals surface area contributed by atoms with Gasteiger partial charge in [-0.15, -0.1) is 0 Å². The molecule has 2 N–H and O–H groups in total. The molecule has 0 heterocycles. The van der Waals surface area contributed by atoms with E-state index in [-0.39, 0.29) is 18.5 Å². The topological polar surface area (TPSA) is 26.0 Å². The maximum atomic E-state index is 12.9. The fourth-order valence-corrected chi connectivity index (χ4v) is 1.34. The summed E-state index contributed by atoms with van der Waals surface area (Å²) >= 11 is 0. The van der Waals surface area contributed by atoms with Crippen LogP contribution in [0.15, 0.2) is 23.8 Å². The summed E-state index contributed by atoms with van der Waals surface area (Å²) in [5.74, 6) is -2.68. The average molecular weight is 189 g/mol. The number of rotatable bonds is 2. The van der Waals surface area contributed by atoms with Gasteiger partial charge >= 0.3 is 0 Å². The van der Waals surface area contributed by atoms with Crippen LogP contribution in [0.1, 0.15) is 26.7 Å². The Balaban J connectivity index is 0.000000671. The Kier molecular flexibility index (Phi) is 4.85. The molecule has 1 aliphatic rings. The predicted octanol–water partition coefficient (Wildman–Crippen LogP) is 2.88. The SMILES string of the molecule is C=CC1=C(CN)CCC1(F)F.CC. The second-order valence-electron chi connectivity index (χ2n) is 2.63. The molecule has 0 aromatic heterocycles. The number of halogens is 2. The van der Waals surface area contributed by atoms with Gasteiger partial charge in [-0.1, -0.05) is 26.5 Å². The summed E-state index contributed by atoms with van der Waals surface area (Å²) in [7, 11) is 0. The number of allylic oxidation sites excluding steroid dienone is 2. The van der Waals surface area contributed by atoms with E-state index in [1.165, 1.54) is 6.08 Å². The summed E-state index contributed by atoms with van der Waals surface area (Å²) in [6.45, 7) is 7.56. The molecule has 0 aliphatic heterocycles. The molecule has 0 bridgehead atoms. The molecule has 0 aromatic rings. The first-order valence-electron chi connectivity index (χ1n) is 4.54. The summed E-state index contributed by atoms with van der Waals surface area (Å²) in [4.78, 5) is 0. The van der Waals surface area contributed by atoms with Crippen LogP contribution in [-0.4, -0.2) is 12.5 Å². The van der Waals surface area contributed by atoms with Gasteiger partial charge in [0.2, 0.25) is 0 Å². The number of hydrogen-bond acceptors (Lipinski definition) is 1. The van der Waals surface area contributed by atoms with E-state index in [4.69, 9.17) is 5.73 Å². The zero-order chi connectivity index (χ0) is 10.5. The lowest BCUT2D eigenvalue weighted by molar-refractivity contribution is 0.0467. The molecule has 0 saturated carbocycles. The van der Waals surface area contributed by atoms with Crippen molar-refractivity contribution in [2.75, 3.05) is 6.54 Å². The Morgan fingerprint density at radius 2 is 2.08 bits per heavy atom. The third-order valence-corrected chi connectivity index (χ3v) is 1.97. The third kappa shape index (κ3) is 2.62. The highest BCUT2D eigenvalue weighted by Crippen LogP contribution is 2.39. The minimum atomic E-state index is -2.68. The molecule has 0 fully saturated rings. The Labute approximate surface area is 78.3 Å². The monoisotopic (exact) mass is 189 g/mol. The van der Waals surface area contributed by atoms with E-state index in [1.807, 2.05) is 13.8 Å². The average Bonchev–Trinajstić information content (AvgIpc) is 2.43. The van der Waals surface area contributed by atoms with E-state index < -0.39 is 5.92 Å². The summed E-state index contributed by atoms with van der Waals surface area (Å²) in [5, 5.41) is 0. The first-order valence-corrected chi connectivity index (χ1v) is 4.54. The van der Waals surface area contributed by atoms with Gasteiger partial charge in [0.25, 0.3) is 5.92 Å². The van der Waals surface area contributed by atoms with Crippen molar-refractivity contribution in [3.8, 4) is 0 Å². The zero-order valence-corrected chi connectivity index (χ0v) is 8.24. The van der Waals surface area contributed by atoms with Crippen LogP contribution in [0.25, 0.3) is 0 Å². The number of nitrogens with two attached hydrogens (primary N) is 1. The molecular weight excluding hydrogens is 172 g/mol. The van der Waals surface area contributed by atoms with Gasteiger partial charge in [0.15, 0.2) is 0 Å². The van der Waals surface area contributed by atoms with Crippen LogP contribution >= 0.6 is 0 Å². The lowest BCUT2D eigenvalue weighted by Gasteiger charge is -2.09. The molecule has 3 heteroatoms. The number of hydrogen-bond donors (Lipinski definition) is 1. The maximum Gasteiger partial charge on any atom is 0.273 e. The molecule has 1 aliphatic carbocycles. The van der Waals surface area contributed by atoms with E-state index in [1.54, 1.807) is 0 Å². The Hall–Kier alpha value is -0.700. The summed E-state index contributed by atoms with van der Waals surface area (Å²) in [5.41, 5.74) is 5.97. The standard InChI is InChI=1S/C8H11F2N.C2H6/c1-2-7-6(5-11)3-4-8(7,9)10;1-2/h2H,1,3-5,11H2;1-2H3. The van der Waals surface area contributed by atoms with Gasteiger partial charge in [-0.3, -0.25) is 0 Å². The van der Waals surface area contributed by atoms with Crippen molar-refractivity contribution in [3.05, 3.63) is 23.8 Å². The van der Waals surface area contributed by atoms with Crippen LogP contribution in [0.4, 0.5) is 8.78 Å². The van der Waals surface area contributed by atoms with E-state index in [9.17, 15) is 8.78 Å². The largest absolute Gasteiger partial charge is 0.327 e. The molecule has 0 aromatic carbocycles. The van der Waals surface area contributed by atoms with Gasteiger partial charge in [0, 0.05) is 18.5 Å². The van der Waals surface area contributed by atoms with Gasteiger partial charge in [0.1, 0.15) is 0 Å². The van der Waals surface area contributed by atoms with Gasteiger partial charge in [-0.05, 0) is 12.0 Å². The molecule has 13 heavy (non-hydrogen) atoms. The van der Waals surface area contributed by atoms with Gasteiger partial charge in [-0.25, -0.2) is 8.78 Å². The first kappa shape index (κ1) is 12.3. The molecule has 0 amide bonds. The zero-order valence-electron chi connectivity index (χ0n) is 8.24. The van der Waals surface area contributed by atoms with Gasteiger partial charge in [0.05, 0.1) is 0 Å². The van der Waals surface area contributed by atoms with Crippen LogP contribution in [0.5, 0.6) is 0 Å². The Bertz CT molecular complexity index is 207. The fraction of sp³-hybridized carbons (Fsp3) is 0.600. The van der Waals surface area contributed by atoms with Crippen LogP contribution < -0.4 is 5.73 Å². The predicted molar refractivity (Wildman–Crippen MR) is 51.8 cm³/mol. The highest BCUT2D eigenvalue weighted by Gasteiger charge is 2.38. The quantitative estimate of drug-likeness (QED) is 0.710. The Morgan fingerprint density at radius 1 is 1.54 bits per heavy atom. The molecule has 1 rings (SSSR count). The van der Waals surface area contributed by atoms with Crippen molar-refractivity contribution < 1.29 is 8.78 Å². The minimum Gasteiger partial charge on any atom is -0.327 e. The van der Waals surface area contributed by atoms with E-state index >= 15 is 0 Å². The van der Waals surface area contributed by atoms with Crippen LogP contribution in [0.3, 0.4) is 0 Å². The van der Waals surface area contributed by atoms with Gasteiger partial charge < -0.3 is 5.73 Å². The van der Waals surface area contributed by atoms with Crippen LogP contribution in [0, 0.1) is 0 Å². The minimum absolute atomic E-state index is 0.0417. The van der Waals surface area contributed by atoms with E-state index in [0.717, 1.165) is 0 Å². The number of alkyl halides is 2. The lowest BCUT2D eigenvalue weighted by Crippen LogP contribution is -2.13. The van der Waals surface area contributed by atoms with Crippen molar-refractivity contribution in [1.29, 1.82) is 0 Å². The molecule has 0 spiro atoms. The summed E-state index contributed by atoms with van der Waals surface area (Å²) in [6.07, 6.45) is 1.51. The molecule has 1 nitrogen and oxygen atoms in total. The van der Waals surface area contributed by atoms with Crippen molar-refractivity contribution in [2.24, 2.45) is 5.73 Å². The molecule has 0 saturated heterocycles. The second kappa shape index (κ2) is 5.12. The van der Waals surface area contributed by atoms with E-state index in [0.29, 0.717) is 12.0 Å². The highest BCUT2D eigenvalue weighted by atomic mass is 19.3. The van der Waals surface area contributed by atoms with Crippen molar-refractivity contribution in [2.45, 2.75) is 32.6 Å². The highest BCUT2D eigenvalue weighted by molar-refractivity contribution is 5.36. The van der Waals surface area contributed by atoms with Crippen molar-refractivity contribution >= 4 is 0 Å². The fourth-order valence-electron chi connectivity index (χ4n) is 1.34. The van der Waals surface area contributed by atoms with Crippen molar-refractivity contribution in [3.63, 3.8) is 0 Å². The Morgan fingerprint density at radius 3 is 2.38 bits per heavy atom. The van der Waals surface area contributed by atoms with Crippen LogP contribution in [0.2, 0.25) is 0 Å². The molecule has 0 unspecified atom stereocenters. The smallest absolute Gasteiger partial charge is 0.273 e. The normalized spacial score (nSPS) is 19.5. The molecular formula is C10H17F2N. The molecule has 0 atom stereocenters. The van der Waals surface area contributed by atoms with E-state index in [2.05, 4.69) is 6.58 Å². The summed E-state index contributed by atoms with van der Waals surface area (Å²) in [6, 6.07) is 0. The summed E-state index contributed by atoms with van der Waals surface area (Å²) < 4.78 is 25.7. The molecule has 76 valence electrons. The van der Waals surface area contributed by atoms with Gasteiger partial charge in [-0.2, -0.15) is 0 Å². The second-order valence-corrected chi connectivity index (χ2v) is 2.63. The lowest BCUT2D eigenvalue weighted by atomic mass is 10.1. The first-order chi connectivity index (χ1) is 6.11. The van der Waals surface area contributed by atoms with Crippen molar-refractivity contribution in [1.82, 2.24) is 0 Å². The maximum absolute atomic E-state index is 12.9. The molecule has 0 radical (unpaired) electrons. The third-order valence-electron chi connectivity index (χ3n) is 1.97.